The summed E-state index contributed by atoms with van der Waals surface area (Å²) in [6.45, 7) is 0. The van der Waals surface area contributed by atoms with Crippen LogP contribution in [0.25, 0.3) is 22.4 Å². The number of nitrogens with one attached hydrogen (secondary N) is 1. The van der Waals surface area contributed by atoms with Crippen molar-refractivity contribution in [2.24, 2.45) is 0 Å². The van der Waals surface area contributed by atoms with E-state index in [0.29, 0.717) is 28.2 Å². The second-order valence-corrected chi connectivity index (χ2v) is 4.61. The van der Waals surface area contributed by atoms with Crippen LogP contribution in [0.15, 0.2) is 42.5 Å². The summed E-state index contributed by atoms with van der Waals surface area (Å²) in [6.07, 6.45) is 0. The molecule has 4 nitrogen and oxygen atoms in total. The highest BCUT2D eigenvalue weighted by Crippen LogP contribution is 2.30. The predicted octanol–water partition coefficient (Wildman–Crippen LogP) is 3.62. The maximum absolute atomic E-state index is 11.5. The largest absolute Gasteiger partial charge is 0.494 e. The Bertz CT molecular complexity index is 781. The van der Waals surface area contributed by atoms with Gasteiger partial charge in [0.25, 0.3) is 5.24 Å². The molecule has 0 bridgehead atoms. The fourth-order valence-corrected chi connectivity index (χ4v) is 2.28. The van der Waals surface area contributed by atoms with E-state index in [0.717, 1.165) is 5.56 Å². The first-order valence-electron chi connectivity index (χ1n) is 6.02. The van der Waals surface area contributed by atoms with Crippen LogP contribution in [0.3, 0.4) is 0 Å². The topological polar surface area (TPSA) is 55.0 Å². The third kappa shape index (κ3) is 2.04. The van der Waals surface area contributed by atoms with Crippen LogP contribution < -0.4 is 4.74 Å². The molecule has 0 unspecified atom stereocenters. The molecule has 20 heavy (non-hydrogen) atoms. The minimum Gasteiger partial charge on any atom is -0.494 e. The monoisotopic (exact) mass is 286 g/mol. The van der Waals surface area contributed by atoms with Gasteiger partial charge in [-0.05, 0) is 23.7 Å². The average Bonchev–Trinajstić information content (AvgIpc) is 2.91. The van der Waals surface area contributed by atoms with Crippen molar-refractivity contribution in [1.29, 1.82) is 0 Å². The number of aromatic nitrogens is 2. The van der Waals surface area contributed by atoms with Gasteiger partial charge in [0.15, 0.2) is 0 Å². The number of H-pyrrole nitrogens is 1. The average molecular weight is 287 g/mol. The molecule has 0 amide bonds. The normalized spacial score (nSPS) is 10.7. The van der Waals surface area contributed by atoms with Crippen molar-refractivity contribution in [3.05, 3.63) is 48.0 Å². The van der Waals surface area contributed by atoms with Gasteiger partial charge >= 0.3 is 0 Å². The number of methoxy groups -OCH3 is 1. The molecule has 3 aromatic rings. The minimum atomic E-state index is -0.538. The van der Waals surface area contributed by atoms with Crippen LogP contribution in [0.1, 0.15) is 10.4 Å². The number of aromatic amines is 1. The van der Waals surface area contributed by atoms with Crippen molar-refractivity contribution in [3.8, 4) is 17.1 Å². The summed E-state index contributed by atoms with van der Waals surface area (Å²) >= 11 is 5.60. The summed E-state index contributed by atoms with van der Waals surface area (Å²) in [5, 5.41) is -0.538. The third-order valence-corrected chi connectivity index (χ3v) is 3.29. The number of carbonyl (C=O) groups is 1. The van der Waals surface area contributed by atoms with Crippen LogP contribution in [0.2, 0.25) is 0 Å². The molecule has 0 aliphatic rings. The predicted molar refractivity (Wildman–Crippen MR) is 78.3 cm³/mol. The summed E-state index contributed by atoms with van der Waals surface area (Å²) in [6, 6.07) is 13.0. The lowest BCUT2D eigenvalue weighted by Gasteiger charge is -2.02. The van der Waals surface area contributed by atoms with Crippen LogP contribution in [-0.2, 0) is 0 Å². The van der Waals surface area contributed by atoms with E-state index in [1.54, 1.807) is 19.2 Å². The van der Waals surface area contributed by atoms with Gasteiger partial charge in [0.2, 0.25) is 0 Å². The summed E-state index contributed by atoms with van der Waals surface area (Å²) in [5.41, 5.74) is 2.47. The van der Waals surface area contributed by atoms with Gasteiger partial charge in [-0.25, -0.2) is 4.98 Å². The standard InChI is InChI=1S/C15H11ClN2O2/c1-20-11-8-7-10(14(16)19)12-13(11)18-15(17-12)9-5-3-2-4-6-9/h2-8H,1H3,(H,17,18). The van der Waals surface area contributed by atoms with Crippen molar-refractivity contribution in [1.82, 2.24) is 9.97 Å². The number of carbonyl (C=O) groups excluding carboxylic acids is 1. The Morgan fingerprint density at radius 3 is 2.60 bits per heavy atom. The molecule has 1 aromatic heterocycles. The lowest BCUT2D eigenvalue weighted by molar-refractivity contribution is 0.108. The van der Waals surface area contributed by atoms with Crippen LogP contribution in [-0.4, -0.2) is 22.3 Å². The van der Waals surface area contributed by atoms with Gasteiger partial charge in [0.1, 0.15) is 22.6 Å². The van der Waals surface area contributed by atoms with Crippen molar-refractivity contribution < 1.29 is 9.53 Å². The number of rotatable bonds is 3. The molecule has 3 rings (SSSR count). The molecule has 5 heteroatoms. The lowest BCUT2D eigenvalue weighted by Crippen LogP contribution is -1.92. The molecule has 2 aromatic carbocycles. The highest BCUT2D eigenvalue weighted by atomic mass is 35.5. The van der Waals surface area contributed by atoms with Crippen molar-refractivity contribution in [3.63, 3.8) is 0 Å². The zero-order valence-corrected chi connectivity index (χ0v) is 11.4. The van der Waals surface area contributed by atoms with Gasteiger partial charge in [-0.2, -0.15) is 0 Å². The maximum Gasteiger partial charge on any atom is 0.254 e. The third-order valence-electron chi connectivity index (χ3n) is 3.09. The first-order chi connectivity index (χ1) is 9.70. The minimum absolute atomic E-state index is 0.362. The molecule has 0 aliphatic heterocycles. The Morgan fingerprint density at radius 2 is 1.95 bits per heavy atom. The second-order valence-electron chi connectivity index (χ2n) is 4.26. The SMILES string of the molecule is COc1ccc(C(=O)Cl)c2nc(-c3ccccc3)[nH]c12. The zero-order valence-electron chi connectivity index (χ0n) is 10.7. The molecule has 0 saturated heterocycles. The van der Waals surface area contributed by atoms with Gasteiger partial charge in [-0.1, -0.05) is 30.3 Å². The summed E-state index contributed by atoms with van der Waals surface area (Å²) in [4.78, 5) is 19.1. The van der Waals surface area contributed by atoms with Crippen LogP contribution >= 0.6 is 11.6 Å². The molecule has 100 valence electrons. The quantitative estimate of drug-likeness (QED) is 0.748. The number of hydrogen-bond donors (Lipinski definition) is 1. The van der Waals surface area contributed by atoms with E-state index < -0.39 is 5.24 Å². The molecule has 0 atom stereocenters. The van der Waals surface area contributed by atoms with E-state index in [4.69, 9.17) is 16.3 Å². The Hall–Kier alpha value is -2.33. The Labute approximate surface area is 120 Å². The molecular weight excluding hydrogens is 276 g/mol. The van der Waals surface area contributed by atoms with E-state index in [9.17, 15) is 4.79 Å². The summed E-state index contributed by atoms with van der Waals surface area (Å²) < 4.78 is 5.29. The molecule has 0 saturated carbocycles. The van der Waals surface area contributed by atoms with Gasteiger partial charge < -0.3 is 9.72 Å². The van der Waals surface area contributed by atoms with Crippen LogP contribution in [0, 0.1) is 0 Å². The first-order valence-corrected chi connectivity index (χ1v) is 6.40. The molecule has 1 N–H and O–H groups in total. The fraction of sp³-hybridized carbons (Fsp3) is 0.0667. The number of ether oxygens (including phenoxy) is 1. The number of halogens is 1. The smallest absolute Gasteiger partial charge is 0.254 e. The van der Waals surface area contributed by atoms with E-state index in [1.807, 2.05) is 30.3 Å². The number of fused-ring (bicyclic) bond motifs is 1. The Kier molecular flexibility index (Phi) is 3.16. The number of nitrogens with zero attached hydrogens (tertiary/aromatic N) is 1. The van der Waals surface area contributed by atoms with Crippen LogP contribution in [0.4, 0.5) is 0 Å². The van der Waals surface area contributed by atoms with E-state index >= 15 is 0 Å². The number of imidazole rings is 1. The van der Waals surface area contributed by atoms with Crippen LogP contribution in [0.5, 0.6) is 5.75 Å². The molecule has 0 aliphatic carbocycles. The molecule has 1 heterocycles. The van der Waals surface area contributed by atoms with Gasteiger partial charge in [-0.15, -0.1) is 0 Å². The second kappa shape index (κ2) is 4.98. The van der Waals surface area contributed by atoms with E-state index in [1.165, 1.54) is 0 Å². The molecule has 0 radical (unpaired) electrons. The Morgan fingerprint density at radius 1 is 1.20 bits per heavy atom. The highest BCUT2D eigenvalue weighted by Gasteiger charge is 2.16. The van der Waals surface area contributed by atoms with Crippen molar-refractivity contribution in [2.75, 3.05) is 7.11 Å². The maximum atomic E-state index is 11.5. The first kappa shape index (κ1) is 12.7. The number of benzene rings is 2. The van der Waals surface area contributed by atoms with E-state index in [-0.39, 0.29) is 0 Å². The van der Waals surface area contributed by atoms with Crippen molar-refractivity contribution >= 4 is 27.9 Å². The number of hydrogen-bond acceptors (Lipinski definition) is 3. The van der Waals surface area contributed by atoms with Gasteiger partial charge in [-0.3, -0.25) is 4.79 Å². The van der Waals surface area contributed by atoms with E-state index in [2.05, 4.69) is 9.97 Å². The lowest BCUT2D eigenvalue weighted by atomic mass is 10.2. The highest BCUT2D eigenvalue weighted by molar-refractivity contribution is 6.68. The van der Waals surface area contributed by atoms with Gasteiger partial charge in [0.05, 0.1) is 12.7 Å². The zero-order chi connectivity index (χ0) is 14.1. The summed E-state index contributed by atoms with van der Waals surface area (Å²) in [5.74, 6) is 1.29. The molecule has 0 fully saturated rings. The molecular formula is C15H11ClN2O2. The molecule has 0 spiro atoms. The fourth-order valence-electron chi connectivity index (χ4n) is 2.13. The van der Waals surface area contributed by atoms with Crippen molar-refractivity contribution in [2.45, 2.75) is 0 Å². The summed E-state index contributed by atoms with van der Waals surface area (Å²) in [7, 11) is 1.57. The Balaban J connectivity index is 2.28. The van der Waals surface area contributed by atoms with Gasteiger partial charge in [0, 0.05) is 5.56 Å².